The number of halogens is 4. The second-order valence-electron chi connectivity index (χ2n) is 9.21. The number of rotatable bonds is 8. The van der Waals surface area contributed by atoms with Gasteiger partial charge in [-0.1, -0.05) is 29.8 Å². The summed E-state index contributed by atoms with van der Waals surface area (Å²) in [5.74, 6) is 0.111. The first kappa shape index (κ1) is 29.0. The van der Waals surface area contributed by atoms with E-state index < -0.39 is 32.4 Å². The van der Waals surface area contributed by atoms with Gasteiger partial charge >= 0.3 is 6.18 Å². The molecule has 0 fully saturated rings. The maximum absolute atomic E-state index is 13.1. The maximum atomic E-state index is 13.1. The highest BCUT2D eigenvalue weighted by Gasteiger charge is 2.33. The van der Waals surface area contributed by atoms with Gasteiger partial charge < -0.3 is 9.72 Å². The van der Waals surface area contributed by atoms with Gasteiger partial charge in [-0.05, 0) is 47.5 Å². The van der Waals surface area contributed by atoms with E-state index in [9.17, 15) is 27.0 Å². The molecule has 0 aliphatic heterocycles. The Labute approximate surface area is 233 Å². The Morgan fingerprint density at radius 2 is 1.65 bits per heavy atom. The zero-order valence-corrected chi connectivity index (χ0v) is 22.9. The average Bonchev–Trinajstić information content (AvgIpc) is 3.36. The van der Waals surface area contributed by atoms with Gasteiger partial charge in [0.05, 0.1) is 27.5 Å². The van der Waals surface area contributed by atoms with Gasteiger partial charge in [-0.25, -0.2) is 4.21 Å². The summed E-state index contributed by atoms with van der Waals surface area (Å²) in [7, 11) is -2.58. The molecule has 0 unspecified atom stereocenters. The number of alkyl halides is 3. The van der Waals surface area contributed by atoms with E-state index in [1.165, 1.54) is 31.0 Å². The maximum Gasteiger partial charge on any atom is 0.417 e. The number of ether oxygens (including phenoxy) is 1. The highest BCUT2D eigenvalue weighted by molar-refractivity contribution is 7.92. The van der Waals surface area contributed by atoms with E-state index in [1.54, 1.807) is 42.5 Å². The second kappa shape index (κ2) is 11.6. The van der Waals surface area contributed by atoms with Crippen LogP contribution in [0.15, 0.2) is 77.4 Å². The van der Waals surface area contributed by atoms with E-state index in [-0.39, 0.29) is 29.8 Å². The van der Waals surface area contributed by atoms with Crippen molar-refractivity contribution in [1.82, 2.24) is 9.97 Å². The Bertz CT molecular complexity index is 1680. The Hall–Kier alpha value is -3.96. The van der Waals surface area contributed by atoms with Crippen LogP contribution in [0.2, 0.25) is 5.02 Å². The van der Waals surface area contributed by atoms with Crippen molar-refractivity contribution in [3.05, 3.63) is 100 Å². The van der Waals surface area contributed by atoms with Crippen molar-refractivity contribution < 1.29 is 31.7 Å². The molecule has 0 spiro atoms. The minimum Gasteiger partial charge on any atom is -0.457 e. The number of aromatic nitrogens is 2. The van der Waals surface area contributed by atoms with E-state index in [1.807, 2.05) is 0 Å². The highest BCUT2D eigenvalue weighted by atomic mass is 35.5. The van der Waals surface area contributed by atoms with Crippen LogP contribution in [0.1, 0.15) is 27.0 Å². The fraction of sp³-hybridized carbons (Fsp3) is 0.179. The molecular formula is C28H23ClF3N3O4S. The minimum atomic E-state index is -4.60. The van der Waals surface area contributed by atoms with Crippen molar-refractivity contribution in [2.45, 2.75) is 19.0 Å². The predicted octanol–water partition coefficient (Wildman–Crippen LogP) is 6.76. The summed E-state index contributed by atoms with van der Waals surface area (Å²) in [6, 6.07) is 15.1. The lowest BCUT2D eigenvalue weighted by Crippen LogP contribution is -2.10. The van der Waals surface area contributed by atoms with E-state index in [0.717, 1.165) is 12.1 Å². The van der Waals surface area contributed by atoms with Crippen molar-refractivity contribution in [3.63, 3.8) is 0 Å². The molecule has 0 atom stereocenters. The number of H-pyrrole nitrogens is 1. The predicted molar refractivity (Wildman–Crippen MR) is 146 cm³/mol. The number of nitrogens with zero attached hydrogens (tertiary/aromatic N) is 2. The topological polar surface area (TPSA) is 101 Å². The molecule has 0 saturated carbocycles. The van der Waals surface area contributed by atoms with Crippen molar-refractivity contribution in [1.29, 1.82) is 0 Å². The number of Topliss-reactive ketones (excluding diaryl/α,β-unsaturated/α-hetero) is 1. The smallest absolute Gasteiger partial charge is 0.417 e. The van der Waals surface area contributed by atoms with Crippen molar-refractivity contribution >= 4 is 33.0 Å². The Balaban J connectivity index is 1.39. The number of nitrogens with one attached hydrogen (secondary N) is 1. The van der Waals surface area contributed by atoms with Crippen LogP contribution in [0.25, 0.3) is 11.4 Å². The van der Waals surface area contributed by atoms with Gasteiger partial charge in [0.25, 0.3) is 5.91 Å². The molecular weight excluding hydrogens is 567 g/mol. The largest absolute Gasteiger partial charge is 0.457 e. The number of aromatic amines is 1. The molecule has 4 rings (SSSR count). The summed E-state index contributed by atoms with van der Waals surface area (Å²) in [4.78, 5) is 31.9. The normalized spacial score (nSPS) is 11.8. The van der Waals surface area contributed by atoms with Gasteiger partial charge in [-0.15, -0.1) is 0 Å². The number of benzene rings is 2. The lowest BCUT2D eigenvalue weighted by Gasteiger charge is -2.11. The fourth-order valence-corrected chi connectivity index (χ4v) is 4.50. The number of amides is 1. The van der Waals surface area contributed by atoms with Crippen LogP contribution in [0.4, 0.5) is 13.2 Å². The third-order valence-electron chi connectivity index (χ3n) is 5.54. The molecule has 40 heavy (non-hydrogen) atoms. The summed E-state index contributed by atoms with van der Waals surface area (Å²) in [6.07, 6.45) is 1.03. The summed E-state index contributed by atoms with van der Waals surface area (Å²) >= 11 is 5.64. The lowest BCUT2D eigenvalue weighted by molar-refractivity contribution is -0.137. The summed E-state index contributed by atoms with van der Waals surface area (Å²) in [5, 5.41) is -0.412. The summed E-state index contributed by atoms with van der Waals surface area (Å²) in [5.41, 5.74) is 1.24. The second-order valence-corrected chi connectivity index (χ2v) is 12.2. The van der Waals surface area contributed by atoms with Gasteiger partial charge in [-0.3, -0.25) is 14.6 Å². The SMILES string of the molecule is CS(C)(=O)=NC(=O)c1c[nH]c(-c2cc(Oc3ccc(CC(=O)Cc4ccc(Cl)c(C(F)(F)F)c4)cc3)ccn2)c1. The van der Waals surface area contributed by atoms with Crippen LogP contribution >= 0.6 is 11.6 Å². The van der Waals surface area contributed by atoms with E-state index in [4.69, 9.17) is 16.3 Å². The van der Waals surface area contributed by atoms with Crippen LogP contribution in [0, 0.1) is 0 Å². The molecule has 208 valence electrons. The Morgan fingerprint density at radius 3 is 2.33 bits per heavy atom. The molecule has 0 aliphatic carbocycles. The molecule has 7 nitrogen and oxygen atoms in total. The molecule has 4 aromatic rings. The molecule has 1 amide bonds. The fourth-order valence-electron chi connectivity index (χ4n) is 3.77. The van der Waals surface area contributed by atoms with E-state index in [0.29, 0.717) is 28.5 Å². The van der Waals surface area contributed by atoms with Crippen LogP contribution in [-0.2, 0) is 33.5 Å². The van der Waals surface area contributed by atoms with Crippen LogP contribution in [0.5, 0.6) is 11.5 Å². The van der Waals surface area contributed by atoms with Crippen LogP contribution in [-0.4, -0.2) is 38.4 Å². The number of ketones is 1. The molecule has 2 aromatic heterocycles. The number of pyridine rings is 1. The van der Waals surface area contributed by atoms with Gasteiger partial charge in [0, 0.05) is 53.5 Å². The molecule has 0 saturated heterocycles. The number of carbonyl (C=O) groups excluding carboxylic acids is 2. The molecule has 12 heteroatoms. The monoisotopic (exact) mass is 589 g/mol. The van der Waals surface area contributed by atoms with Gasteiger partial charge in [-0.2, -0.15) is 17.5 Å². The molecule has 0 aliphatic rings. The van der Waals surface area contributed by atoms with Crippen LogP contribution < -0.4 is 4.74 Å². The number of carbonyl (C=O) groups is 2. The first-order valence-corrected chi connectivity index (χ1v) is 14.5. The van der Waals surface area contributed by atoms with Gasteiger partial charge in [0.2, 0.25) is 0 Å². The third-order valence-corrected chi connectivity index (χ3v) is 6.47. The third kappa shape index (κ3) is 7.80. The van der Waals surface area contributed by atoms with E-state index >= 15 is 0 Å². The average molecular weight is 590 g/mol. The quantitative estimate of drug-likeness (QED) is 0.245. The Morgan fingerprint density at radius 1 is 0.975 bits per heavy atom. The van der Waals surface area contributed by atoms with Crippen LogP contribution in [0.3, 0.4) is 0 Å². The molecule has 0 radical (unpaired) electrons. The number of hydrogen-bond donors (Lipinski definition) is 1. The number of hydrogen-bond acceptors (Lipinski definition) is 5. The first-order chi connectivity index (χ1) is 18.8. The van der Waals surface area contributed by atoms with Crippen molar-refractivity contribution in [3.8, 4) is 22.9 Å². The molecule has 2 aromatic carbocycles. The van der Waals surface area contributed by atoms with Crippen molar-refractivity contribution in [2.24, 2.45) is 4.36 Å². The van der Waals surface area contributed by atoms with Crippen molar-refractivity contribution in [2.75, 3.05) is 12.5 Å². The van der Waals surface area contributed by atoms with Gasteiger partial charge in [0.1, 0.15) is 17.3 Å². The van der Waals surface area contributed by atoms with E-state index in [2.05, 4.69) is 14.3 Å². The Kier molecular flexibility index (Phi) is 8.45. The zero-order chi connectivity index (χ0) is 29.1. The minimum absolute atomic E-state index is 0.0366. The summed E-state index contributed by atoms with van der Waals surface area (Å²) < 4.78 is 60.6. The molecule has 0 bridgehead atoms. The highest BCUT2D eigenvalue weighted by Crippen LogP contribution is 2.35. The lowest BCUT2D eigenvalue weighted by atomic mass is 10.0. The molecule has 1 N–H and O–H groups in total. The molecule has 2 heterocycles. The summed E-state index contributed by atoms with van der Waals surface area (Å²) in [6.45, 7) is 0. The van der Waals surface area contributed by atoms with Gasteiger partial charge in [0.15, 0.2) is 0 Å². The zero-order valence-electron chi connectivity index (χ0n) is 21.3. The standard InChI is InChI=1S/C28H23ClF3N3O4S/c1-40(2,38)35-27(37)19-14-25(34-16-19)26-15-22(9-10-33-26)39-21-6-3-17(4-7-21)11-20(36)12-18-5-8-24(29)23(13-18)28(30,31)32/h3-10,13-16,34H,11-12H2,1-2H3. The first-order valence-electron chi connectivity index (χ1n) is 11.8.